The van der Waals surface area contributed by atoms with E-state index < -0.39 is 0 Å². The van der Waals surface area contributed by atoms with Crippen LogP contribution in [-0.2, 0) is 0 Å². The van der Waals surface area contributed by atoms with Crippen LogP contribution in [0.1, 0.15) is 30.2 Å². The zero-order valence-corrected chi connectivity index (χ0v) is 14.6. The summed E-state index contributed by atoms with van der Waals surface area (Å²) in [5.74, 6) is -0.235. The maximum Gasteiger partial charge on any atom is 0.258 e. The largest absolute Gasteiger partial charge is 0.361 e. The number of fused-ring (bicyclic) bond motifs is 2. The minimum Gasteiger partial charge on any atom is -0.361 e. The van der Waals surface area contributed by atoms with Gasteiger partial charge in [-0.1, -0.05) is 24.3 Å². The van der Waals surface area contributed by atoms with Crippen molar-refractivity contribution in [2.75, 3.05) is 5.32 Å². The van der Waals surface area contributed by atoms with Gasteiger partial charge in [0.25, 0.3) is 11.5 Å². The molecule has 2 aromatic heterocycles. The van der Waals surface area contributed by atoms with Gasteiger partial charge in [0.1, 0.15) is 0 Å². The molecular weight excluding hydrogens is 326 g/mol. The van der Waals surface area contributed by atoms with E-state index in [0.29, 0.717) is 22.0 Å². The molecule has 4 aromatic rings. The van der Waals surface area contributed by atoms with Crippen molar-refractivity contribution in [2.45, 2.75) is 19.9 Å². The van der Waals surface area contributed by atoms with Crippen molar-refractivity contribution in [2.24, 2.45) is 0 Å². The van der Waals surface area contributed by atoms with Crippen LogP contribution in [0.2, 0.25) is 0 Å². The predicted molar refractivity (Wildman–Crippen MR) is 105 cm³/mol. The van der Waals surface area contributed by atoms with Gasteiger partial charge < -0.3 is 14.9 Å². The Kier molecular flexibility index (Phi) is 3.84. The lowest BCUT2D eigenvalue weighted by Gasteiger charge is -2.15. The molecule has 2 aromatic carbocycles. The molecule has 0 unspecified atom stereocenters. The quantitative estimate of drug-likeness (QED) is 0.581. The molecule has 0 aliphatic heterocycles. The number of nitrogens with one attached hydrogen (secondary N) is 2. The standard InChI is InChI=1S/C21H19N3O2/c1-13(2)24-12-18(16-5-3-4-6-17(16)21(24)26)20(25)23-15-8-7-14-9-10-22-19(14)11-15/h3-13,22H,1-2H3,(H,23,25). The molecule has 2 heterocycles. The number of hydrogen-bond donors (Lipinski definition) is 2. The summed E-state index contributed by atoms with van der Waals surface area (Å²) in [5, 5.41) is 5.24. The topological polar surface area (TPSA) is 66.9 Å². The van der Waals surface area contributed by atoms with Crippen LogP contribution in [-0.4, -0.2) is 15.5 Å². The summed E-state index contributed by atoms with van der Waals surface area (Å²) in [6.07, 6.45) is 3.51. The fraction of sp³-hybridized carbons (Fsp3) is 0.143. The third kappa shape index (κ3) is 2.67. The highest BCUT2D eigenvalue weighted by Crippen LogP contribution is 2.21. The molecule has 0 spiro atoms. The van der Waals surface area contributed by atoms with E-state index in [1.807, 2.05) is 62.5 Å². The van der Waals surface area contributed by atoms with Crippen LogP contribution in [0.3, 0.4) is 0 Å². The number of carbonyl (C=O) groups is 1. The van der Waals surface area contributed by atoms with Crippen molar-refractivity contribution in [3.05, 3.63) is 76.8 Å². The number of anilines is 1. The SMILES string of the molecule is CC(C)n1cc(C(=O)Nc2ccc3cc[nH]c3c2)c2ccccc2c1=O. The number of amides is 1. The molecule has 0 aliphatic rings. The first-order valence-corrected chi connectivity index (χ1v) is 8.57. The van der Waals surface area contributed by atoms with Gasteiger partial charge >= 0.3 is 0 Å². The first-order chi connectivity index (χ1) is 12.5. The van der Waals surface area contributed by atoms with Gasteiger partial charge in [-0.25, -0.2) is 0 Å². The Balaban J connectivity index is 1.80. The molecule has 5 heteroatoms. The zero-order valence-electron chi connectivity index (χ0n) is 14.6. The minimum atomic E-state index is -0.235. The van der Waals surface area contributed by atoms with Crippen molar-refractivity contribution < 1.29 is 4.79 Å². The van der Waals surface area contributed by atoms with Crippen molar-refractivity contribution in [3.63, 3.8) is 0 Å². The predicted octanol–water partition coefficient (Wildman–Crippen LogP) is 4.32. The summed E-state index contributed by atoms with van der Waals surface area (Å²) in [4.78, 5) is 28.7. The van der Waals surface area contributed by atoms with Crippen LogP contribution in [0.25, 0.3) is 21.7 Å². The van der Waals surface area contributed by atoms with Crippen molar-refractivity contribution in [1.82, 2.24) is 9.55 Å². The first kappa shape index (κ1) is 16.1. The number of rotatable bonds is 3. The molecule has 0 fully saturated rings. The summed E-state index contributed by atoms with van der Waals surface area (Å²) in [7, 11) is 0. The second-order valence-electron chi connectivity index (χ2n) is 6.63. The number of aromatic amines is 1. The van der Waals surface area contributed by atoms with Crippen LogP contribution in [0.5, 0.6) is 0 Å². The lowest BCUT2D eigenvalue weighted by molar-refractivity contribution is 0.102. The maximum atomic E-state index is 13.0. The van der Waals surface area contributed by atoms with Gasteiger partial charge in [-0.2, -0.15) is 0 Å². The Morgan fingerprint density at radius 2 is 1.85 bits per heavy atom. The van der Waals surface area contributed by atoms with Crippen LogP contribution >= 0.6 is 0 Å². The van der Waals surface area contributed by atoms with E-state index >= 15 is 0 Å². The molecule has 0 bridgehead atoms. The number of aromatic nitrogens is 2. The van der Waals surface area contributed by atoms with Crippen LogP contribution in [0.15, 0.2) is 65.7 Å². The van der Waals surface area contributed by atoms with E-state index in [1.165, 1.54) is 0 Å². The number of H-pyrrole nitrogens is 1. The Labute approximate surface area is 150 Å². The molecule has 4 rings (SSSR count). The number of benzene rings is 2. The molecule has 0 aliphatic carbocycles. The lowest BCUT2D eigenvalue weighted by Crippen LogP contribution is -2.25. The smallest absolute Gasteiger partial charge is 0.258 e. The van der Waals surface area contributed by atoms with Crippen molar-refractivity contribution in [3.8, 4) is 0 Å². The van der Waals surface area contributed by atoms with Gasteiger partial charge in [-0.15, -0.1) is 0 Å². The Bertz CT molecular complexity index is 1180. The lowest BCUT2D eigenvalue weighted by atomic mass is 10.1. The van der Waals surface area contributed by atoms with E-state index in [0.717, 1.165) is 10.9 Å². The van der Waals surface area contributed by atoms with E-state index in [1.54, 1.807) is 16.8 Å². The summed E-state index contributed by atoms with van der Waals surface area (Å²) >= 11 is 0. The average Bonchev–Trinajstić information content (AvgIpc) is 3.09. The Morgan fingerprint density at radius 3 is 2.62 bits per heavy atom. The van der Waals surface area contributed by atoms with Crippen molar-refractivity contribution >= 4 is 33.3 Å². The molecule has 130 valence electrons. The van der Waals surface area contributed by atoms with Gasteiger partial charge in [0.15, 0.2) is 0 Å². The van der Waals surface area contributed by atoms with Gasteiger partial charge in [0, 0.05) is 40.4 Å². The first-order valence-electron chi connectivity index (χ1n) is 8.57. The Hall–Kier alpha value is -3.34. The molecule has 2 N–H and O–H groups in total. The number of pyridine rings is 1. The third-order valence-electron chi connectivity index (χ3n) is 4.56. The fourth-order valence-corrected chi connectivity index (χ4v) is 3.20. The number of carbonyl (C=O) groups excluding carboxylic acids is 1. The van der Waals surface area contributed by atoms with Crippen LogP contribution in [0, 0.1) is 0 Å². The summed E-state index contributed by atoms with van der Waals surface area (Å²) < 4.78 is 1.60. The normalized spacial score (nSPS) is 11.3. The highest BCUT2D eigenvalue weighted by atomic mass is 16.2. The summed E-state index contributed by atoms with van der Waals surface area (Å²) in [5.41, 5.74) is 2.07. The second kappa shape index (κ2) is 6.19. The highest BCUT2D eigenvalue weighted by molar-refractivity contribution is 6.12. The number of nitrogens with zero attached hydrogens (tertiary/aromatic N) is 1. The zero-order chi connectivity index (χ0) is 18.3. The fourth-order valence-electron chi connectivity index (χ4n) is 3.20. The van der Waals surface area contributed by atoms with Gasteiger partial charge in [-0.05, 0) is 43.5 Å². The minimum absolute atomic E-state index is 0.0334. The van der Waals surface area contributed by atoms with Gasteiger partial charge in [0.05, 0.1) is 5.56 Å². The Morgan fingerprint density at radius 1 is 1.08 bits per heavy atom. The van der Waals surface area contributed by atoms with E-state index in [2.05, 4.69) is 10.3 Å². The highest BCUT2D eigenvalue weighted by Gasteiger charge is 2.16. The molecule has 0 saturated carbocycles. The molecule has 5 nitrogen and oxygen atoms in total. The van der Waals surface area contributed by atoms with E-state index in [-0.39, 0.29) is 17.5 Å². The van der Waals surface area contributed by atoms with E-state index in [4.69, 9.17) is 0 Å². The van der Waals surface area contributed by atoms with Gasteiger partial charge in [0.2, 0.25) is 0 Å². The van der Waals surface area contributed by atoms with Crippen molar-refractivity contribution in [1.29, 1.82) is 0 Å². The molecule has 1 amide bonds. The molecule has 0 saturated heterocycles. The number of hydrogen-bond acceptors (Lipinski definition) is 2. The van der Waals surface area contributed by atoms with Gasteiger partial charge in [-0.3, -0.25) is 9.59 Å². The summed E-state index contributed by atoms with van der Waals surface area (Å²) in [6, 6.07) is 14.9. The van der Waals surface area contributed by atoms with E-state index in [9.17, 15) is 9.59 Å². The van der Waals surface area contributed by atoms with Crippen LogP contribution < -0.4 is 10.9 Å². The molecule has 0 radical (unpaired) electrons. The molecule has 0 atom stereocenters. The average molecular weight is 345 g/mol. The molecule has 26 heavy (non-hydrogen) atoms. The third-order valence-corrected chi connectivity index (χ3v) is 4.56. The monoisotopic (exact) mass is 345 g/mol. The second-order valence-corrected chi connectivity index (χ2v) is 6.63. The maximum absolute atomic E-state index is 13.0. The van der Waals surface area contributed by atoms with Crippen LogP contribution in [0.4, 0.5) is 5.69 Å². The molecular formula is C21H19N3O2. The summed E-state index contributed by atoms with van der Waals surface area (Å²) in [6.45, 7) is 3.86.